The van der Waals surface area contributed by atoms with Crippen molar-refractivity contribution in [2.45, 2.75) is 13.5 Å². The molecule has 0 saturated carbocycles. The van der Waals surface area contributed by atoms with E-state index >= 15 is 0 Å². The second-order valence-electron chi connectivity index (χ2n) is 4.55. The second-order valence-corrected chi connectivity index (χ2v) is 5.81. The van der Waals surface area contributed by atoms with E-state index in [2.05, 4.69) is 25.9 Å². The van der Waals surface area contributed by atoms with Gasteiger partial charge in [0.2, 0.25) is 0 Å². The number of pyridine rings is 1. The quantitative estimate of drug-likeness (QED) is 0.748. The summed E-state index contributed by atoms with van der Waals surface area (Å²) in [7, 11) is 0. The lowest BCUT2D eigenvalue weighted by atomic mass is 10.1. The van der Waals surface area contributed by atoms with Crippen molar-refractivity contribution in [2.75, 3.05) is 0 Å². The Bertz CT molecular complexity index is 868. The molecular formula is C15H12BrClN4. The van der Waals surface area contributed by atoms with Gasteiger partial charge in [-0.3, -0.25) is 5.41 Å². The summed E-state index contributed by atoms with van der Waals surface area (Å²) in [5.74, 6) is 0. The number of nitrogens with zero attached hydrogens (tertiary/aromatic N) is 3. The van der Waals surface area contributed by atoms with Gasteiger partial charge in [0, 0.05) is 38.8 Å². The van der Waals surface area contributed by atoms with Crippen molar-refractivity contribution in [1.82, 2.24) is 14.5 Å². The maximum atomic E-state index is 8.48. The molecule has 1 N–H and O–H groups in total. The molecule has 0 saturated heterocycles. The summed E-state index contributed by atoms with van der Waals surface area (Å²) < 4.78 is 2.71. The third-order valence-corrected chi connectivity index (χ3v) is 4.32. The van der Waals surface area contributed by atoms with Crippen LogP contribution in [0.25, 0.3) is 22.2 Å². The number of halogens is 2. The zero-order valence-corrected chi connectivity index (χ0v) is 13.6. The van der Waals surface area contributed by atoms with Gasteiger partial charge in [0.25, 0.3) is 0 Å². The van der Waals surface area contributed by atoms with Crippen LogP contribution in [0.2, 0.25) is 5.02 Å². The monoisotopic (exact) mass is 362 g/mol. The number of aryl methyl sites for hydroxylation is 1. The Morgan fingerprint density at radius 2 is 2.19 bits per heavy atom. The second kappa shape index (κ2) is 5.58. The van der Waals surface area contributed by atoms with Gasteiger partial charge >= 0.3 is 0 Å². The van der Waals surface area contributed by atoms with Crippen molar-refractivity contribution in [3.05, 3.63) is 51.8 Å². The summed E-state index contributed by atoms with van der Waals surface area (Å²) in [6.45, 7) is 2.65. The van der Waals surface area contributed by atoms with E-state index in [4.69, 9.17) is 17.0 Å². The number of aromatic nitrogens is 3. The van der Waals surface area contributed by atoms with Gasteiger partial charge in [-0.2, -0.15) is 0 Å². The average Bonchev–Trinajstić information content (AvgIpc) is 2.47. The number of rotatable bonds is 2. The predicted molar refractivity (Wildman–Crippen MR) is 87.2 cm³/mol. The molecule has 0 aliphatic rings. The van der Waals surface area contributed by atoms with Crippen molar-refractivity contribution in [3.8, 4) is 11.1 Å². The van der Waals surface area contributed by atoms with E-state index in [0.29, 0.717) is 17.1 Å². The molecule has 0 fully saturated rings. The smallest absolute Gasteiger partial charge is 0.144 e. The van der Waals surface area contributed by atoms with Crippen molar-refractivity contribution in [1.29, 1.82) is 5.41 Å². The highest BCUT2D eigenvalue weighted by Crippen LogP contribution is 2.33. The van der Waals surface area contributed by atoms with E-state index in [0.717, 1.165) is 26.6 Å². The zero-order chi connectivity index (χ0) is 15.0. The highest BCUT2D eigenvalue weighted by molar-refractivity contribution is 9.10. The first-order valence-corrected chi connectivity index (χ1v) is 7.63. The molecule has 4 nitrogen and oxygen atoms in total. The van der Waals surface area contributed by atoms with Crippen LogP contribution in [0.4, 0.5) is 0 Å². The molecule has 0 amide bonds. The predicted octanol–water partition coefficient (Wildman–Crippen LogP) is 4.01. The third-order valence-electron chi connectivity index (χ3n) is 3.35. The lowest BCUT2D eigenvalue weighted by Crippen LogP contribution is -2.22. The van der Waals surface area contributed by atoms with Gasteiger partial charge in [0.1, 0.15) is 17.5 Å². The van der Waals surface area contributed by atoms with Crippen molar-refractivity contribution in [3.63, 3.8) is 0 Å². The van der Waals surface area contributed by atoms with E-state index in [9.17, 15) is 0 Å². The molecule has 2 aromatic heterocycles. The van der Waals surface area contributed by atoms with E-state index < -0.39 is 0 Å². The maximum absolute atomic E-state index is 8.48. The molecule has 3 rings (SSSR count). The number of hydrogen-bond acceptors (Lipinski definition) is 3. The highest BCUT2D eigenvalue weighted by atomic mass is 79.9. The van der Waals surface area contributed by atoms with Crippen molar-refractivity contribution in [2.24, 2.45) is 0 Å². The van der Waals surface area contributed by atoms with Crippen LogP contribution < -0.4 is 5.49 Å². The molecule has 0 spiro atoms. The largest absolute Gasteiger partial charge is 0.311 e. The Morgan fingerprint density at radius 1 is 1.38 bits per heavy atom. The molecule has 0 bridgehead atoms. The van der Waals surface area contributed by atoms with Crippen molar-refractivity contribution >= 4 is 38.6 Å². The first-order chi connectivity index (χ1) is 10.1. The first kappa shape index (κ1) is 14.2. The molecule has 0 aliphatic carbocycles. The van der Waals surface area contributed by atoms with E-state index in [1.807, 2.05) is 35.8 Å². The zero-order valence-electron chi connectivity index (χ0n) is 11.3. The molecule has 0 unspecified atom stereocenters. The van der Waals surface area contributed by atoms with Gasteiger partial charge in [-0.1, -0.05) is 33.6 Å². The maximum Gasteiger partial charge on any atom is 0.144 e. The topological polar surface area (TPSA) is 54.6 Å². The fourth-order valence-corrected chi connectivity index (χ4v) is 3.36. The van der Waals surface area contributed by atoms with Crippen molar-refractivity contribution < 1.29 is 0 Å². The van der Waals surface area contributed by atoms with Gasteiger partial charge in [0.05, 0.1) is 0 Å². The van der Waals surface area contributed by atoms with Crippen LogP contribution in [-0.2, 0) is 6.54 Å². The molecular weight excluding hydrogens is 352 g/mol. The Balaban J connectivity index is 2.44. The van der Waals surface area contributed by atoms with E-state index in [-0.39, 0.29) is 0 Å². The third kappa shape index (κ3) is 2.36. The van der Waals surface area contributed by atoms with Crippen LogP contribution in [0, 0.1) is 5.41 Å². The minimum absolute atomic E-state index is 0.387. The molecule has 0 atom stereocenters. The SMILES string of the molecule is CCn1c(=N)c(-c2c(Cl)cccc2Br)cc2cncnc21. The molecule has 0 radical (unpaired) electrons. The summed E-state index contributed by atoms with van der Waals surface area (Å²) in [6.07, 6.45) is 3.25. The van der Waals surface area contributed by atoms with Crippen LogP contribution in [0.15, 0.2) is 41.3 Å². The minimum atomic E-state index is 0.387. The molecule has 21 heavy (non-hydrogen) atoms. The van der Waals surface area contributed by atoms with Crippen LogP contribution >= 0.6 is 27.5 Å². The van der Waals surface area contributed by atoms with Gasteiger partial charge < -0.3 is 4.57 Å². The van der Waals surface area contributed by atoms with Crippen LogP contribution in [0.5, 0.6) is 0 Å². The molecule has 106 valence electrons. The summed E-state index contributed by atoms with van der Waals surface area (Å²) >= 11 is 9.85. The number of fused-ring (bicyclic) bond motifs is 1. The van der Waals surface area contributed by atoms with Crippen LogP contribution in [0.3, 0.4) is 0 Å². The fraction of sp³-hybridized carbons (Fsp3) is 0.133. The first-order valence-electron chi connectivity index (χ1n) is 6.46. The Kier molecular flexibility index (Phi) is 3.78. The Morgan fingerprint density at radius 3 is 2.90 bits per heavy atom. The Hall–Kier alpha value is -1.72. The van der Waals surface area contributed by atoms with Gasteiger partial charge in [0.15, 0.2) is 0 Å². The highest BCUT2D eigenvalue weighted by Gasteiger charge is 2.13. The van der Waals surface area contributed by atoms with Gasteiger partial charge in [-0.25, -0.2) is 9.97 Å². The Labute approximate surface area is 135 Å². The number of benzene rings is 1. The minimum Gasteiger partial charge on any atom is -0.311 e. The van der Waals surface area contributed by atoms with E-state index in [1.54, 1.807) is 6.20 Å². The van der Waals surface area contributed by atoms with Crippen LogP contribution in [0.1, 0.15) is 6.92 Å². The molecule has 2 heterocycles. The summed E-state index contributed by atoms with van der Waals surface area (Å²) in [5, 5.41) is 9.98. The van der Waals surface area contributed by atoms with Gasteiger partial charge in [-0.05, 0) is 25.1 Å². The summed E-state index contributed by atoms with van der Waals surface area (Å²) in [5.41, 5.74) is 2.72. The van der Waals surface area contributed by atoms with Crippen LogP contribution in [-0.4, -0.2) is 14.5 Å². The molecule has 6 heteroatoms. The summed E-state index contributed by atoms with van der Waals surface area (Å²) in [4.78, 5) is 8.35. The normalized spacial score (nSPS) is 11.0. The standard InChI is InChI=1S/C15H12BrClN4/c1-2-21-14(18)10(6-9-7-19-8-20-15(9)21)13-11(16)4-3-5-12(13)17/h3-8,18H,2H2,1H3. The fourth-order valence-electron chi connectivity index (χ4n) is 2.39. The number of hydrogen-bond donors (Lipinski definition) is 1. The lowest BCUT2D eigenvalue weighted by molar-refractivity contribution is 0.725. The molecule has 3 aromatic rings. The molecule has 1 aromatic carbocycles. The number of nitrogens with one attached hydrogen (secondary N) is 1. The summed E-state index contributed by atoms with van der Waals surface area (Å²) in [6, 6.07) is 7.53. The molecule has 0 aliphatic heterocycles. The van der Waals surface area contributed by atoms with Gasteiger partial charge in [-0.15, -0.1) is 0 Å². The lowest BCUT2D eigenvalue weighted by Gasteiger charge is -2.13. The van der Waals surface area contributed by atoms with E-state index in [1.165, 1.54) is 6.33 Å². The average molecular weight is 364 g/mol.